The molecule has 2 N–H and O–H groups in total. The van der Waals surface area contributed by atoms with Crippen LogP contribution in [0, 0.1) is 6.92 Å². The van der Waals surface area contributed by atoms with Gasteiger partial charge < -0.3 is 5.11 Å². The second-order valence-corrected chi connectivity index (χ2v) is 6.17. The van der Waals surface area contributed by atoms with Gasteiger partial charge in [0.15, 0.2) is 0 Å². The number of nitrogens with one attached hydrogen (secondary N) is 1. The Bertz CT molecular complexity index is 574. The van der Waals surface area contributed by atoms with Gasteiger partial charge >= 0.3 is 16.2 Å². The molecule has 0 saturated heterocycles. The molecule has 0 aliphatic rings. The molecule has 0 aliphatic carbocycles. The largest absolute Gasteiger partial charge is 0.481 e. The zero-order chi connectivity index (χ0) is 14.6. The Hall–Kier alpha value is -1.31. The summed E-state index contributed by atoms with van der Waals surface area (Å²) >= 11 is 5.90. The van der Waals surface area contributed by atoms with Gasteiger partial charge in [0, 0.05) is 18.6 Å². The van der Waals surface area contributed by atoms with Crippen LogP contribution in [0.1, 0.15) is 12.0 Å². The summed E-state index contributed by atoms with van der Waals surface area (Å²) in [4.78, 5) is 10.4. The summed E-state index contributed by atoms with van der Waals surface area (Å²) in [5.74, 6) is -1.05. The molecule has 0 saturated carbocycles. The van der Waals surface area contributed by atoms with Gasteiger partial charge in [-0.15, -0.1) is 0 Å². The van der Waals surface area contributed by atoms with Crippen molar-refractivity contribution in [2.24, 2.45) is 0 Å². The molecule has 0 bridgehead atoms. The Balaban J connectivity index is 2.84. The zero-order valence-electron chi connectivity index (χ0n) is 10.6. The lowest BCUT2D eigenvalue weighted by Crippen LogP contribution is -2.34. The van der Waals surface area contributed by atoms with E-state index in [1.54, 1.807) is 25.1 Å². The van der Waals surface area contributed by atoms with Gasteiger partial charge in [-0.2, -0.15) is 12.7 Å². The van der Waals surface area contributed by atoms with E-state index in [1.165, 1.54) is 7.05 Å². The van der Waals surface area contributed by atoms with Crippen LogP contribution in [0.2, 0.25) is 5.02 Å². The van der Waals surface area contributed by atoms with E-state index in [0.29, 0.717) is 16.3 Å². The summed E-state index contributed by atoms with van der Waals surface area (Å²) in [6.45, 7) is 1.59. The molecule has 1 aromatic carbocycles. The zero-order valence-corrected chi connectivity index (χ0v) is 12.1. The van der Waals surface area contributed by atoms with E-state index in [1.807, 2.05) is 0 Å². The lowest BCUT2D eigenvalue weighted by atomic mass is 10.2. The Labute approximate surface area is 117 Å². The first kappa shape index (κ1) is 15.7. The first-order chi connectivity index (χ1) is 8.74. The third-order valence-corrected chi connectivity index (χ3v) is 4.45. The monoisotopic (exact) mass is 306 g/mol. The van der Waals surface area contributed by atoms with E-state index in [9.17, 15) is 13.2 Å². The minimum atomic E-state index is -3.79. The van der Waals surface area contributed by atoms with Crippen molar-refractivity contribution < 1.29 is 18.3 Å². The van der Waals surface area contributed by atoms with Gasteiger partial charge in [0.2, 0.25) is 0 Å². The van der Waals surface area contributed by atoms with Gasteiger partial charge in [0.25, 0.3) is 0 Å². The summed E-state index contributed by atoms with van der Waals surface area (Å²) in [6, 6.07) is 4.87. The molecule has 0 fully saturated rings. The van der Waals surface area contributed by atoms with Crippen molar-refractivity contribution in [2.45, 2.75) is 13.3 Å². The van der Waals surface area contributed by atoms with Gasteiger partial charge in [-0.3, -0.25) is 9.52 Å². The number of rotatable bonds is 6. The van der Waals surface area contributed by atoms with E-state index >= 15 is 0 Å². The van der Waals surface area contributed by atoms with Gasteiger partial charge in [-0.25, -0.2) is 0 Å². The highest BCUT2D eigenvalue weighted by atomic mass is 35.5. The van der Waals surface area contributed by atoms with Gasteiger partial charge in [-0.05, 0) is 24.6 Å². The van der Waals surface area contributed by atoms with Crippen LogP contribution in [0.15, 0.2) is 18.2 Å². The second kappa shape index (κ2) is 6.23. The van der Waals surface area contributed by atoms with Crippen molar-refractivity contribution in [3.63, 3.8) is 0 Å². The molecule has 8 heteroatoms. The van der Waals surface area contributed by atoms with Crippen molar-refractivity contribution >= 4 is 33.5 Å². The van der Waals surface area contributed by atoms with Crippen LogP contribution in [-0.2, 0) is 15.0 Å². The summed E-state index contributed by atoms with van der Waals surface area (Å²) in [5.41, 5.74) is 0.981. The SMILES string of the molecule is Cc1c(Cl)cccc1NS(=O)(=O)N(C)CCC(=O)O. The Morgan fingerprint density at radius 3 is 2.68 bits per heavy atom. The van der Waals surface area contributed by atoms with Crippen molar-refractivity contribution in [1.82, 2.24) is 4.31 Å². The normalized spacial score (nSPS) is 11.6. The van der Waals surface area contributed by atoms with Crippen LogP contribution >= 0.6 is 11.6 Å². The minimum absolute atomic E-state index is 0.107. The number of hydrogen-bond donors (Lipinski definition) is 2. The van der Waals surface area contributed by atoms with E-state index in [4.69, 9.17) is 16.7 Å². The number of anilines is 1. The van der Waals surface area contributed by atoms with Crippen LogP contribution in [-0.4, -0.2) is 37.4 Å². The average molecular weight is 307 g/mol. The van der Waals surface area contributed by atoms with Gasteiger partial charge in [-0.1, -0.05) is 17.7 Å². The molecule has 0 spiro atoms. The average Bonchev–Trinajstić information content (AvgIpc) is 2.31. The summed E-state index contributed by atoms with van der Waals surface area (Å²) < 4.78 is 27.2. The molecule has 0 heterocycles. The second-order valence-electron chi connectivity index (χ2n) is 3.98. The lowest BCUT2D eigenvalue weighted by molar-refractivity contribution is -0.137. The Morgan fingerprint density at radius 2 is 2.11 bits per heavy atom. The summed E-state index contributed by atoms with van der Waals surface area (Å²) in [6.07, 6.45) is -0.258. The van der Waals surface area contributed by atoms with E-state index in [2.05, 4.69) is 4.72 Å². The first-order valence-corrected chi connectivity index (χ1v) is 7.27. The van der Waals surface area contributed by atoms with E-state index in [-0.39, 0.29) is 13.0 Å². The van der Waals surface area contributed by atoms with Gasteiger partial charge in [0.05, 0.1) is 12.1 Å². The third-order valence-electron chi connectivity index (χ3n) is 2.56. The van der Waals surface area contributed by atoms with Crippen LogP contribution in [0.4, 0.5) is 5.69 Å². The molecule has 0 unspecified atom stereocenters. The molecular weight excluding hydrogens is 292 g/mol. The number of halogens is 1. The molecule has 1 aromatic rings. The van der Waals surface area contributed by atoms with Crippen LogP contribution in [0.25, 0.3) is 0 Å². The molecule has 0 aromatic heterocycles. The number of carbonyl (C=O) groups is 1. The van der Waals surface area contributed by atoms with Crippen LogP contribution in [0.3, 0.4) is 0 Å². The molecule has 1 rings (SSSR count). The minimum Gasteiger partial charge on any atom is -0.481 e. The fourth-order valence-corrected chi connectivity index (χ4v) is 2.47. The highest BCUT2D eigenvalue weighted by Gasteiger charge is 2.19. The number of hydrogen-bond acceptors (Lipinski definition) is 3. The topological polar surface area (TPSA) is 86.7 Å². The van der Waals surface area contributed by atoms with Crippen LogP contribution < -0.4 is 4.72 Å². The summed E-state index contributed by atoms with van der Waals surface area (Å²) in [5, 5.41) is 8.99. The molecule has 0 atom stereocenters. The van der Waals surface area contributed by atoms with Crippen molar-refractivity contribution in [3.8, 4) is 0 Å². The maximum atomic E-state index is 12.0. The first-order valence-electron chi connectivity index (χ1n) is 5.45. The smallest absolute Gasteiger partial charge is 0.304 e. The molecule has 6 nitrogen and oxygen atoms in total. The van der Waals surface area contributed by atoms with Crippen LogP contribution in [0.5, 0.6) is 0 Å². The number of benzene rings is 1. The maximum Gasteiger partial charge on any atom is 0.304 e. The molecule has 106 valence electrons. The maximum absolute atomic E-state index is 12.0. The number of aliphatic carboxylic acids is 1. The third kappa shape index (κ3) is 4.38. The van der Waals surface area contributed by atoms with Gasteiger partial charge in [0.1, 0.15) is 0 Å². The number of carboxylic acid groups (broad SMARTS) is 1. The Kier molecular flexibility index (Phi) is 5.16. The molecular formula is C11H15ClN2O4S. The summed E-state index contributed by atoms with van der Waals surface area (Å²) in [7, 11) is -2.48. The molecule has 0 aliphatic heterocycles. The quantitative estimate of drug-likeness (QED) is 0.837. The lowest BCUT2D eigenvalue weighted by Gasteiger charge is -2.18. The molecule has 19 heavy (non-hydrogen) atoms. The Morgan fingerprint density at radius 1 is 1.47 bits per heavy atom. The van der Waals surface area contributed by atoms with E-state index in [0.717, 1.165) is 4.31 Å². The van der Waals surface area contributed by atoms with Crippen molar-refractivity contribution in [3.05, 3.63) is 28.8 Å². The highest BCUT2D eigenvalue weighted by molar-refractivity contribution is 7.90. The molecule has 0 amide bonds. The predicted octanol–water partition coefficient (Wildman–Crippen LogP) is 1.71. The highest BCUT2D eigenvalue weighted by Crippen LogP contribution is 2.24. The fourth-order valence-electron chi connectivity index (χ4n) is 1.31. The molecule has 0 radical (unpaired) electrons. The fraction of sp³-hybridized carbons (Fsp3) is 0.364. The van der Waals surface area contributed by atoms with Crippen molar-refractivity contribution in [1.29, 1.82) is 0 Å². The van der Waals surface area contributed by atoms with Crippen molar-refractivity contribution in [2.75, 3.05) is 18.3 Å². The standard InChI is InChI=1S/C11H15ClN2O4S/c1-8-9(12)4-3-5-10(8)13-19(17,18)14(2)7-6-11(15)16/h3-5,13H,6-7H2,1-2H3,(H,15,16). The van der Waals surface area contributed by atoms with E-state index < -0.39 is 16.2 Å². The number of nitrogens with zero attached hydrogens (tertiary/aromatic N) is 1. The predicted molar refractivity (Wildman–Crippen MR) is 73.6 cm³/mol. The number of carboxylic acids is 1.